The van der Waals surface area contributed by atoms with Gasteiger partial charge in [0.05, 0.1) is 11.5 Å². The van der Waals surface area contributed by atoms with Crippen LogP contribution in [-0.2, 0) is 4.79 Å². The van der Waals surface area contributed by atoms with Gasteiger partial charge < -0.3 is 20.1 Å². The molecule has 14 heavy (non-hydrogen) atoms. The number of carboxylic acid groups (broad SMARTS) is 1. The third-order valence-corrected chi connectivity index (χ3v) is 1.49. The van der Waals surface area contributed by atoms with E-state index in [4.69, 9.17) is 10.2 Å². The van der Waals surface area contributed by atoms with Crippen LogP contribution < -0.4 is 56.5 Å². The molecule has 1 rings (SSSR count). The number of carbonyl (C=O) groups excluding carboxylic acids is 1. The van der Waals surface area contributed by atoms with E-state index >= 15 is 0 Å². The largest absolute Gasteiger partial charge is 1.00 e. The first-order chi connectivity index (χ1) is 6.13. The molecule has 0 fully saturated rings. The quantitative estimate of drug-likeness (QED) is 0.320. The fourth-order valence-corrected chi connectivity index (χ4v) is 0.943. The summed E-state index contributed by atoms with van der Waals surface area (Å²) in [5.41, 5.74) is -0.414. The van der Waals surface area contributed by atoms with Crippen LogP contribution in [0.4, 0.5) is 0 Å². The van der Waals surface area contributed by atoms with Gasteiger partial charge in [-0.1, -0.05) is 30.3 Å². The van der Waals surface area contributed by atoms with Crippen molar-refractivity contribution in [2.75, 3.05) is 0 Å². The van der Waals surface area contributed by atoms with Crippen molar-refractivity contribution < 1.29 is 71.5 Å². The predicted molar refractivity (Wildman–Crippen MR) is 43.6 cm³/mol. The molecule has 1 aromatic rings. The standard InChI is InChI=1S/C9H8O4.K/c10-8(11)7(9(12)13)6-4-2-1-3-5-6;/h1-5,10-11H,(H,12,13);/q;+1/p-1. The topological polar surface area (TPSA) is 80.6 Å². The molecule has 0 heterocycles. The van der Waals surface area contributed by atoms with Gasteiger partial charge in [-0.25, -0.2) is 0 Å². The molecule has 0 aliphatic carbocycles. The van der Waals surface area contributed by atoms with E-state index in [1.165, 1.54) is 12.1 Å². The van der Waals surface area contributed by atoms with Gasteiger partial charge in [0, 0.05) is 0 Å². The van der Waals surface area contributed by atoms with E-state index in [1.54, 1.807) is 18.2 Å². The molecular weight excluding hydrogens is 211 g/mol. The van der Waals surface area contributed by atoms with Gasteiger partial charge >= 0.3 is 51.4 Å². The Bertz CT molecular complexity index is 341. The average molecular weight is 218 g/mol. The molecule has 0 amide bonds. The Balaban J connectivity index is 0.00000169. The smallest absolute Gasteiger partial charge is 0.545 e. The molecule has 0 aromatic heterocycles. The van der Waals surface area contributed by atoms with Crippen molar-refractivity contribution in [2.24, 2.45) is 0 Å². The van der Waals surface area contributed by atoms with Gasteiger partial charge in [-0.3, -0.25) is 0 Å². The van der Waals surface area contributed by atoms with Gasteiger partial charge in [-0.15, -0.1) is 0 Å². The van der Waals surface area contributed by atoms with Crippen LogP contribution in [0.1, 0.15) is 5.56 Å². The summed E-state index contributed by atoms with van der Waals surface area (Å²) in [5.74, 6) is -2.86. The van der Waals surface area contributed by atoms with Crippen LogP contribution in [0.3, 0.4) is 0 Å². The summed E-state index contributed by atoms with van der Waals surface area (Å²) >= 11 is 0. The summed E-state index contributed by atoms with van der Waals surface area (Å²) in [4.78, 5) is 10.5. The summed E-state index contributed by atoms with van der Waals surface area (Å²) in [6.07, 6.45) is 0. The van der Waals surface area contributed by atoms with Gasteiger partial charge in [-0.05, 0) is 5.56 Å². The maximum atomic E-state index is 10.5. The van der Waals surface area contributed by atoms with Crippen LogP contribution >= 0.6 is 0 Å². The fourth-order valence-electron chi connectivity index (χ4n) is 0.943. The minimum Gasteiger partial charge on any atom is -0.545 e. The van der Waals surface area contributed by atoms with Crippen molar-refractivity contribution in [3.63, 3.8) is 0 Å². The second-order valence-corrected chi connectivity index (χ2v) is 2.35. The third-order valence-electron chi connectivity index (χ3n) is 1.49. The van der Waals surface area contributed by atoms with Gasteiger partial charge in [0.15, 0.2) is 0 Å². The van der Waals surface area contributed by atoms with Gasteiger partial charge in [0.2, 0.25) is 0 Å². The van der Waals surface area contributed by atoms with Gasteiger partial charge in [0.1, 0.15) is 0 Å². The Morgan fingerprint density at radius 1 is 1.14 bits per heavy atom. The monoisotopic (exact) mass is 218 g/mol. The maximum Gasteiger partial charge on any atom is 1.00 e. The number of aliphatic hydroxyl groups excluding tert-OH is 1. The summed E-state index contributed by atoms with van der Waals surface area (Å²) in [6, 6.07) is 7.74. The molecule has 0 unspecified atom stereocenters. The van der Waals surface area contributed by atoms with Crippen LogP contribution in [0, 0.1) is 0 Å². The molecule has 0 saturated heterocycles. The molecule has 0 radical (unpaired) electrons. The number of carbonyl (C=O) groups is 1. The van der Waals surface area contributed by atoms with E-state index in [9.17, 15) is 9.90 Å². The van der Waals surface area contributed by atoms with Crippen LogP contribution in [0.5, 0.6) is 0 Å². The molecule has 0 saturated carbocycles. The normalized spacial score (nSPS) is 8.57. The van der Waals surface area contributed by atoms with E-state index in [0.29, 0.717) is 0 Å². The predicted octanol–water partition coefficient (Wildman–Crippen LogP) is -2.77. The van der Waals surface area contributed by atoms with Crippen molar-refractivity contribution in [3.8, 4) is 0 Å². The van der Waals surface area contributed by atoms with E-state index in [2.05, 4.69) is 0 Å². The molecule has 0 atom stereocenters. The molecule has 1 aromatic carbocycles. The van der Waals surface area contributed by atoms with E-state index in [-0.39, 0.29) is 56.9 Å². The zero-order valence-electron chi connectivity index (χ0n) is 7.60. The minimum absolute atomic E-state index is 0. The van der Waals surface area contributed by atoms with Crippen LogP contribution in [0.2, 0.25) is 0 Å². The van der Waals surface area contributed by atoms with Crippen molar-refractivity contribution in [2.45, 2.75) is 0 Å². The first-order valence-electron chi connectivity index (χ1n) is 3.52. The maximum absolute atomic E-state index is 10.5. The molecule has 0 aliphatic heterocycles. The second-order valence-electron chi connectivity index (χ2n) is 2.35. The van der Waals surface area contributed by atoms with Crippen LogP contribution in [-0.4, -0.2) is 16.2 Å². The minimum atomic E-state index is -1.62. The molecular formula is C9H7KO4. The van der Waals surface area contributed by atoms with Crippen LogP contribution in [0.25, 0.3) is 5.57 Å². The molecule has 0 bridgehead atoms. The number of aliphatic carboxylic acids is 1. The molecule has 2 N–H and O–H groups in total. The molecule has 68 valence electrons. The summed E-state index contributed by atoms with van der Waals surface area (Å²) in [7, 11) is 0. The Morgan fingerprint density at radius 3 is 2.00 bits per heavy atom. The molecule has 0 aliphatic rings. The first kappa shape index (κ1) is 13.7. The van der Waals surface area contributed by atoms with Gasteiger partial charge in [-0.2, -0.15) is 0 Å². The zero-order valence-corrected chi connectivity index (χ0v) is 10.7. The van der Waals surface area contributed by atoms with Crippen LogP contribution in [0.15, 0.2) is 36.3 Å². The number of carboxylic acids is 1. The van der Waals surface area contributed by atoms with E-state index < -0.39 is 17.5 Å². The first-order valence-corrected chi connectivity index (χ1v) is 3.52. The Morgan fingerprint density at radius 2 is 1.64 bits per heavy atom. The van der Waals surface area contributed by atoms with Gasteiger partial charge in [0.25, 0.3) is 5.95 Å². The third kappa shape index (κ3) is 3.43. The van der Waals surface area contributed by atoms with Crippen molar-refractivity contribution in [1.82, 2.24) is 0 Å². The summed E-state index contributed by atoms with van der Waals surface area (Å²) in [6.45, 7) is 0. The number of benzene rings is 1. The van der Waals surface area contributed by atoms with Crippen molar-refractivity contribution in [1.29, 1.82) is 0 Å². The Labute approximate surface area is 123 Å². The Hall–Kier alpha value is -0.334. The van der Waals surface area contributed by atoms with E-state index in [1.807, 2.05) is 0 Å². The molecule has 4 nitrogen and oxygen atoms in total. The average Bonchev–Trinajstić information content (AvgIpc) is 2.04. The number of rotatable bonds is 2. The van der Waals surface area contributed by atoms with Crippen molar-refractivity contribution in [3.05, 3.63) is 41.8 Å². The number of hydrogen-bond acceptors (Lipinski definition) is 4. The fraction of sp³-hybridized carbons (Fsp3) is 0. The zero-order chi connectivity index (χ0) is 9.84. The SMILES string of the molecule is O=C([O-])C(=C(O)O)c1ccccc1.[K+]. The summed E-state index contributed by atoms with van der Waals surface area (Å²) in [5, 5.41) is 27.8. The molecule has 5 heteroatoms. The number of hydrogen-bond donors (Lipinski definition) is 2. The Kier molecular flexibility index (Phi) is 6.06. The summed E-state index contributed by atoms with van der Waals surface area (Å²) < 4.78 is 0. The second kappa shape index (κ2) is 6.21. The van der Waals surface area contributed by atoms with Crippen molar-refractivity contribution >= 4 is 11.5 Å². The molecule has 0 spiro atoms. The number of aliphatic hydroxyl groups is 2. The van der Waals surface area contributed by atoms with E-state index in [0.717, 1.165) is 0 Å².